The lowest BCUT2D eigenvalue weighted by Crippen LogP contribution is -2.40. The number of aliphatic hydroxyl groups excluding tert-OH is 1. The Morgan fingerprint density at radius 2 is 2.26 bits per heavy atom. The molecule has 1 heterocycles. The van der Waals surface area contributed by atoms with Crippen LogP contribution in [0, 0.1) is 6.92 Å². The number of urea groups is 1. The number of ether oxygens (including phenoxy) is 1. The molecule has 0 aromatic carbocycles. The zero-order chi connectivity index (χ0) is 14.3. The number of carbonyl (C=O) groups is 1. The van der Waals surface area contributed by atoms with Gasteiger partial charge in [0.15, 0.2) is 0 Å². The van der Waals surface area contributed by atoms with Crippen LogP contribution in [-0.4, -0.2) is 37.5 Å². The van der Waals surface area contributed by atoms with Crippen molar-refractivity contribution in [2.45, 2.75) is 32.4 Å². The Hall–Kier alpha value is -1.53. The summed E-state index contributed by atoms with van der Waals surface area (Å²) in [5.41, 5.74) is 0. The number of furan rings is 1. The minimum Gasteiger partial charge on any atom is -0.464 e. The molecule has 0 radical (unpaired) electrons. The quantitative estimate of drug-likeness (QED) is 0.698. The molecule has 0 saturated carbocycles. The van der Waals surface area contributed by atoms with Crippen LogP contribution in [0.4, 0.5) is 4.79 Å². The predicted octanol–water partition coefficient (Wildman–Crippen LogP) is 1.35. The molecule has 2 amide bonds. The van der Waals surface area contributed by atoms with Crippen LogP contribution in [0.2, 0.25) is 0 Å². The number of hydrogen-bond acceptors (Lipinski definition) is 4. The smallest absolute Gasteiger partial charge is 0.315 e. The lowest BCUT2D eigenvalue weighted by Gasteiger charge is -2.16. The van der Waals surface area contributed by atoms with Crippen LogP contribution < -0.4 is 10.6 Å². The van der Waals surface area contributed by atoms with Gasteiger partial charge in [0.1, 0.15) is 17.6 Å². The maximum Gasteiger partial charge on any atom is 0.315 e. The van der Waals surface area contributed by atoms with Crippen molar-refractivity contribution in [1.82, 2.24) is 10.6 Å². The second-order valence-electron chi connectivity index (χ2n) is 4.49. The van der Waals surface area contributed by atoms with Crippen molar-refractivity contribution in [3.63, 3.8) is 0 Å². The fourth-order valence-corrected chi connectivity index (χ4v) is 1.61. The summed E-state index contributed by atoms with van der Waals surface area (Å²) in [6.07, 6.45) is 0.0881. The number of methoxy groups -OCH3 is 1. The molecule has 2 unspecified atom stereocenters. The lowest BCUT2D eigenvalue weighted by molar-refractivity contribution is 0.155. The number of rotatable bonds is 7. The molecule has 108 valence electrons. The summed E-state index contributed by atoms with van der Waals surface area (Å²) >= 11 is 0. The highest BCUT2D eigenvalue weighted by Crippen LogP contribution is 2.16. The number of aliphatic hydroxyl groups is 1. The first-order valence-electron chi connectivity index (χ1n) is 6.30. The molecule has 0 spiro atoms. The Balaban J connectivity index is 2.47. The van der Waals surface area contributed by atoms with Crippen LogP contribution in [0.1, 0.15) is 30.9 Å². The highest BCUT2D eigenvalue weighted by atomic mass is 16.5. The highest BCUT2D eigenvalue weighted by Gasteiger charge is 2.17. The fraction of sp³-hybridized carbons (Fsp3) is 0.615. The van der Waals surface area contributed by atoms with E-state index in [1.807, 2.05) is 19.1 Å². The van der Waals surface area contributed by atoms with E-state index in [0.29, 0.717) is 25.3 Å². The Morgan fingerprint density at radius 1 is 1.53 bits per heavy atom. The molecule has 2 atom stereocenters. The minimum absolute atomic E-state index is 0.309. The van der Waals surface area contributed by atoms with Crippen molar-refractivity contribution in [3.8, 4) is 0 Å². The number of carbonyl (C=O) groups excluding carboxylic acids is 1. The van der Waals surface area contributed by atoms with Gasteiger partial charge < -0.3 is 24.9 Å². The van der Waals surface area contributed by atoms with Crippen LogP contribution in [0.5, 0.6) is 0 Å². The van der Waals surface area contributed by atoms with E-state index in [-0.39, 0.29) is 12.1 Å². The predicted molar refractivity (Wildman–Crippen MR) is 70.9 cm³/mol. The van der Waals surface area contributed by atoms with Gasteiger partial charge in [0.05, 0.1) is 12.7 Å². The van der Waals surface area contributed by atoms with Crippen LogP contribution in [0.15, 0.2) is 16.5 Å². The molecular formula is C13H22N2O4. The molecule has 3 N–H and O–H groups in total. The number of hydrogen-bond donors (Lipinski definition) is 3. The van der Waals surface area contributed by atoms with Gasteiger partial charge in [0, 0.05) is 13.7 Å². The molecular weight excluding hydrogens is 248 g/mol. The standard InChI is InChI=1S/C13H22N2O4/c1-9(16)6-7-14-13(17)15-11(8-18-3)12-5-4-10(2)19-12/h4-5,9,11,16H,6-8H2,1-3H3,(H2,14,15,17). The largest absolute Gasteiger partial charge is 0.464 e. The molecule has 0 bridgehead atoms. The molecule has 1 aromatic heterocycles. The molecule has 6 heteroatoms. The van der Waals surface area contributed by atoms with Gasteiger partial charge >= 0.3 is 6.03 Å². The molecule has 0 aliphatic carbocycles. The van der Waals surface area contributed by atoms with E-state index in [1.165, 1.54) is 0 Å². The number of amides is 2. The minimum atomic E-state index is -0.428. The third-order valence-corrected chi connectivity index (χ3v) is 2.59. The Morgan fingerprint density at radius 3 is 2.79 bits per heavy atom. The van der Waals surface area contributed by atoms with Gasteiger partial charge in [-0.05, 0) is 32.4 Å². The summed E-state index contributed by atoms with van der Waals surface area (Å²) in [6, 6.07) is 3.02. The fourth-order valence-electron chi connectivity index (χ4n) is 1.61. The molecule has 0 aliphatic rings. The Bertz CT molecular complexity index is 390. The van der Waals surface area contributed by atoms with Gasteiger partial charge in [-0.1, -0.05) is 0 Å². The first kappa shape index (κ1) is 15.5. The maximum atomic E-state index is 11.7. The number of aryl methyl sites for hydroxylation is 1. The van der Waals surface area contributed by atoms with Gasteiger partial charge in [0.2, 0.25) is 0 Å². The van der Waals surface area contributed by atoms with E-state index in [9.17, 15) is 4.79 Å². The van der Waals surface area contributed by atoms with Crippen LogP contribution >= 0.6 is 0 Å². The summed E-state index contributed by atoms with van der Waals surface area (Å²) in [5.74, 6) is 1.44. The van der Waals surface area contributed by atoms with Gasteiger partial charge in [-0.15, -0.1) is 0 Å². The van der Waals surface area contributed by atoms with Gasteiger partial charge in [-0.2, -0.15) is 0 Å². The highest BCUT2D eigenvalue weighted by molar-refractivity contribution is 5.74. The zero-order valence-corrected chi connectivity index (χ0v) is 11.6. The van der Waals surface area contributed by atoms with E-state index < -0.39 is 6.10 Å². The second-order valence-corrected chi connectivity index (χ2v) is 4.49. The van der Waals surface area contributed by atoms with E-state index in [4.69, 9.17) is 14.3 Å². The molecule has 6 nitrogen and oxygen atoms in total. The SMILES string of the molecule is COCC(NC(=O)NCCC(C)O)c1ccc(C)o1. The van der Waals surface area contributed by atoms with Crippen molar-refractivity contribution in [2.24, 2.45) is 0 Å². The van der Waals surface area contributed by atoms with Crippen molar-refractivity contribution < 1.29 is 19.1 Å². The Labute approximate surface area is 113 Å². The maximum absolute atomic E-state index is 11.7. The Kier molecular flexibility index (Phi) is 6.38. The molecule has 0 aliphatic heterocycles. The molecule has 19 heavy (non-hydrogen) atoms. The monoisotopic (exact) mass is 270 g/mol. The van der Waals surface area contributed by atoms with E-state index in [2.05, 4.69) is 10.6 Å². The van der Waals surface area contributed by atoms with Crippen LogP contribution in [-0.2, 0) is 4.74 Å². The normalized spacial score (nSPS) is 13.9. The third kappa shape index (κ3) is 5.76. The summed E-state index contributed by atoms with van der Waals surface area (Å²) in [6.45, 7) is 4.27. The average molecular weight is 270 g/mol. The lowest BCUT2D eigenvalue weighted by atomic mass is 10.2. The van der Waals surface area contributed by atoms with Crippen molar-refractivity contribution in [1.29, 1.82) is 0 Å². The molecule has 0 fully saturated rings. The van der Waals surface area contributed by atoms with Crippen LogP contribution in [0.25, 0.3) is 0 Å². The van der Waals surface area contributed by atoms with Crippen molar-refractivity contribution in [2.75, 3.05) is 20.3 Å². The molecule has 0 saturated heterocycles. The molecule has 1 aromatic rings. The average Bonchev–Trinajstić information content (AvgIpc) is 2.75. The van der Waals surface area contributed by atoms with E-state index in [1.54, 1.807) is 14.0 Å². The van der Waals surface area contributed by atoms with E-state index >= 15 is 0 Å². The summed E-state index contributed by atoms with van der Waals surface area (Å²) < 4.78 is 10.5. The topological polar surface area (TPSA) is 83.7 Å². The summed E-state index contributed by atoms with van der Waals surface area (Å²) in [5, 5.41) is 14.5. The van der Waals surface area contributed by atoms with Crippen molar-refractivity contribution in [3.05, 3.63) is 23.7 Å². The first-order valence-corrected chi connectivity index (χ1v) is 6.30. The van der Waals surface area contributed by atoms with E-state index in [0.717, 1.165) is 5.76 Å². The first-order chi connectivity index (χ1) is 9.02. The second kappa shape index (κ2) is 7.81. The summed E-state index contributed by atoms with van der Waals surface area (Å²) in [4.78, 5) is 11.7. The summed E-state index contributed by atoms with van der Waals surface area (Å²) in [7, 11) is 1.57. The van der Waals surface area contributed by atoms with Gasteiger partial charge in [-0.3, -0.25) is 0 Å². The molecule has 1 rings (SSSR count). The number of nitrogens with one attached hydrogen (secondary N) is 2. The van der Waals surface area contributed by atoms with Crippen molar-refractivity contribution >= 4 is 6.03 Å². The van der Waals surface area contributed by atoms with Crippen LogP contribution in [0.3, 0.4) is 0 Å². The van der Waals surface area contributed by atoms with Gasteiger partial charge in [0.25, 0.3) is 0 Å². The third-order valence-electron chi connectivity index (χ3n) is 2.59. The van der Waals surface area contributed by atoms with Gasteiger partial charge in [-0.25, -0.2) is 4.79 Å². The zero-order valence-electron chi connectivity index (χ0n) is 11.6.